The maximum atomic E-state index is 4.29. The second kappa shape index (κ2) is 5.53. The topological polar surface area (TPSA) is 42.7 Å². The van der Waals surface area contributed by atoms with Crippen molar-refractivity contribution in [2.24, 2.45) is 7.05 Å². The van der Waals surface area contributed by atoms with Crippen molar-refractivity contribution in [2.45, 2.75) is 31.7 Å². The van der Waals surface area contributed by atoms with Crippen molar-refractivity contribution in [1.82, 2.24) is 20.1 Å². The average molecular weight is 256 g/mol. The van der Waals surface area contributed by atoms with Crippen molar-refractivity contribution in [3.05, 3.63) is 47.5 Å². The van der Waals surface area contributed by atoms with Gasteiger partial charge in [-0.1, -0.05) is 24.3 Å². The molecule has 1 aliphatic carbocycles. The largest absolute Gasteiger partial charge is 0.313 e. The smallest absolute Gasteiger partial charge is 0.151 e. The molecular weight excluding hydrogens is 236 g/mol. The lowest BCUT2D eigenvalue weighted by molar-refractivity contribution is 0.459. The highest BCUT2D eigenvalue weighted by atomic mass is 15.3. The fourth-order valence-corrected chi connectivity index (χ4v) is 2.76. The Labute approximate surface area is 113 Å². The maximum Gasteiger partial charge on any atom is 0.151 e. The third-order valence-electron chi connectivity index (χ3n) is 3.78. The van der Waals surface area contributed by atoms with E-state index in [4.69, 9.17) is 0 Å². The number of hydrogen-bond acceptors (Lipinski definition) is 3. The Balaban J connectivity index is 1.50. The van der Waals surface area contributed by atoms with Crippen LogP contribution in [0.4, 0.5) is 0 Å². The van der Waals surface area contributed by atoms with E-state index in [1.807, 2.05) is 7.05 Å². The summed E-state index contributed by atoms with van der Waals surface area (Å²) in [4.78, 5) is 4.25. The SMILES string of the molecule is Cn1cnc(CCNC2CCc3ccccc3C2)n1. The quantitative estimate of drug-likeness (QED) is 0.901. The van der Waals surface area contributed by atoms with Gasteiger partial charge in [0.1, 0.15) is 6.33 Å². The fourth-order valence-electron chi connectivity index (χ4n) is 2.76. The molecule has 0 radical (unpaired) electrons. The van der Waals surface area contributed by atoms with Crippen LogP contribution in [-0.2, 0) is 26.3 Å². The molecule has 4 heteroatoms. The molecule has 100 valence electrons. The standard InChI is InChI=1S/C15H20N4/c1-19-11-17-15(18-19)8-9-16-14-7-6-12-4-2-3-5-13(12)10-14/h2-5,11,14,16H,6-10H2,1H3. The molecule has 0 aliphatic heterocycles. The molecule has 1 unspecified atom stereocenters. The van der Waals surface area contributed by atoms with E-state index in [9.17, 15) is 0 Å². The summed E-state index contributed by atoms with van der Waals surface area (Å²) in [5, 5.41) is 7.93. The highest BCUT2D eigenvalue weighted by molar-refractivity contribution is 5.30. The zero-order valence-corrected chi connectivity index (χ0v) is 11.3. The molecule has 1 aromatic carbocycles. The van der Waals surface area contributed by atoms with Gasteiger partial charge in [0.15, 0.2) is 5.82 Å². The first-order chi connectivity index (χ1) is 9.31. The second-order valence-electron chi connectivity index (χ2n) is 5.25. The van der Waals surface area contributed by atoms with Crippen LogP contribution in [0.5, 0.6) is 0 Å². The third-order valence-corrected chi connectivity index (χ3v) is 3.78. The number of nitrogens with zero attached hydrogens (tertiary/aromatic N) is 3. The van der Waals surface area contributed by atoms with Crippen molar-refractivity contribution in [1.29, 1.82) is 0 Å². The van der Waals surface area contributed by atoms with Crippen LogP contribution in [0.25, 0.3) is 0 Å². The number of hydrogen-bond donors (Lipinski definition) is 1. The molecule has 0 fully saturated rings. The van der Waals surface area contributed by atoms with E-state index in [0.717, 1.165) is 25.2 Å². The maximum absolute atomic E-state index is 4.29. The Morgan fingerprint density at radius 3 is 2.95 bits per heavy atom. The predicted molar refractivity (Wildman–Crippen MR) is 75.0 cm³/mol. The molecule has 0 saturated carbocycles. The zero-order valence-electron chi connectivity index (χ0n) is 11.3. The van der Waals surface area contributed by atoms with E-state index >= 15 is 0 Å². The summed E-state index contributed by atoms with van der Waals surface area (Å²) in [5.74, 6) is 0.922. The van der Waals surface area contributed by atoms with Crippen LogP contribution in [-0.4, -0.2) is 27.4 Å². The van der Waals surface area contributed by atoms with Crippen molar-refractivity contribution >= 4 is 0 Å². The predicted octanol–water partition coefficient (Wildman–Crippen LogP) is 1.50. The van der Waals surface area contributed by atoms with Gasteiger partial charge in [-0.3, -0.25) is 4.68 Å². The lowest BCUT2D eigenvalue weighted by Crippen LogP contribution is -2.35. The molecule has 1 heterocycles. The van der Waals surface area contributed by atoms with Crippen LogP contribution < -0.4 is 5.32 Å². The van der Waals surface area contributed by atoms with E-state index in [0.29, 0.717) is 6.04 Å². The van der Waals surface area contributed by atoms with Gasteiger partial charge in [-0.2, -0.15) is 5.10 Å². The lowest BCUT2D eigenvalue weighted by atomic mass is 9.88. The van der Waals surface area contributed by atoms with Gasteiger partial charge < -0.3 is 5.32 Å². The van der Waals surface area contributed by atoms with Gasteiger partial charge in [-0.05, 0) is 30.4 Å². The van der Waals surface area contributed by atoms with E-state index in [1.165, 1.54) is 24.0 Å². The minimum atomic E-state index is 0.596. The third kappa shape index (κ3) is 3.01. The van der Waals surface area contributed by atoms with E-state index in [-0.39, 0.29) is 0 Å². The summed E-state index contributed by atoms with van der Waals surface area (Å²) in [6.45, 7) is 0.955. The van der Waals surface area contributed by atoms with Crippen molar-refractivity contribution < 1.29 is 0 Å². The Hall–Kier alpha value is -1.68. The molecule has 1 aliphatic rings. The molecule has 2 aromatic rings. The number of rotatable bonds is 4. The molecule has 19 heavy (non-hydrogen) atoms. The summed E-state index contributed by atoms with van der Waals surface area (Å²) >= 11 is 0. The van der Waals surface area contributed by atoms with Crippen molar-refractivity contribution in [3.63, 3.8) is 0 Å². The summed E-state index contributed by atoms with van der Waals surface area (Å²) in [5.41, 5.74) is 3.02. The number of aryl methyl sites for hydroxylation is 2. The van der Waals surface area contributed by atoms with Crippen LogP contribution >= 0.6 is 0 Å². The van der Waals surface area contributed by atoms with E-state index in [1.54, 1.807) is 11.0 Å². The molecule has 4 nitrogen and oxygen atoms in total. The minimum Gasteiger partial charge on any atom is -0.313 e. The van der Waals surface area contributed by atoms with Crippen LogP contribution in [0.2, 0.25) is 0 Å². The lowest BCUT2D eigenvalue weighted by Gasteiger charge is -2.25. The molecular formula is C15H20N4. The molecule has 3 rings (SSSR count). The van der Waals surface area contributed by atoms with Crippen molar-refractivity contribution in [3.8, 4) is 0 Å². The zero-order chi connectivity index (χ0) is 13.1. The van der Waals surface area contributed by atoms with Gasteiger partial charge in [-0.25, -0.2) is 4.98 Å². The number of aromatic nitrogens is 3. The van der Waals surface area contributed by atoms with Crippen LogP contribution in [0, 0.1) is 0 Å². The Morgan fingerprint density at radius 2 is 2.16 bits per heavy atom. The molecule has 1 atom stereocenters. The van der Waals surface area contributed by atoms with Gasteiger partial charge in [0, 0.05) is 26.1 Å². The molecule has 0 spiro atoms. The number of fused-ring (bicyclic) bond motifs is 1. The monoisotopic (exact) mass is 256 g/mol. The van der Waals surface area contributed by atoms with Gasteiger partial charge in [0.05, 0.1) is 0 Å². The number of nitrogens with one attached hydrogen (secondary N) is 1. The molecule has 1 aromatic heterocycles. The van der Waals surface area contributed by atoms with E-state index < -0.39 is 0 Å². The van der Waals surface area contributed by atoms with Crippen LogP contribution in [0.15, 0.2) is 30.6 Å². The highest BCUT2D eigenvalue weighted by Crippen LogP contribution is 2.20. The Kier molecular flexibility index (Phi) is 3.60. The van der Waals surface area contributed by atoms with Gasteiger partial charge >= 0.3 is 0 Å². The van der Waals surface area contributed by atoms with Crippen molar-refractivity contribution in [2.75, 3.05) is 6.54 Å². The summed E-state index contributed by atoms with van der Waals surface area (Å²) in [6.07, 6.45) is 6.22. The highest BCUT2D eigenvalue weighted by Gasteiger charge is 2.17. The first-order valence-electron chi connectivity index (χ1n) is 6.96. The van der Waals surface area contributed by atoms with E-state index in [2.05, 4.69) is 39.7 Å². The first kappa shape index (κ1) is 12.4. The number of benzene rings is 1. The second-order valence-corrected chi connectivity index (χ2v) is 5.25. The van der Waals surface area contributed by atoms with Gasteiger partial charge in [-0.15, -0.1) is 0 Å². The minimum absolute atomic E-state index is 0.596. The molecule has 0 bridgehead atoms. The summed E-state index contributed by atoms with van der Waals surface area (Å²) in [6, 6.07) is 9.38. The summed E-state index contributed by atoms with van der Waals surface area (Å²) in [7, 11) is 1.90. The Bertz CT molecular complexity index is 547. The normalized spacial score (nSPS) is 18.3. The molecule has 0 amide bonds. The molecule has 0 saturated heterocycles. The van der Waals surface area contributed by atoms with Crippen LogP contribution in [0.1, 0.15) is 23.4 Å². The fraction of sp³-hybridized carbons (Fsp3) is 0.467. The Morgan fingerprint density at radius 1 is 1.32 bits per heavy atom. The summed E-state index contributed by atoms with van der Waals surface area (Å²) < 4.78 is 1.76. The molecule has 1 N–H and O–H groups in total. The average Bonchev–Trinajstić information content (AvgIpc) is 2.84. The van der Waals surface area contributed by atoms with Crippen LogP contribution in [0.3, 0.4) is 0 Å². The first-order valence-corrected chi connectivity index (χ1v) is 6.96. The van der Waals surface area contributed by atoms with Gasteiger partial charge in [0.2, 0.25) is 0 Å². The van der Waals surface area contributed by atoms with Gasteiger partial charge in [0.25, 0.3) is 0 Å².